The molecule has 0 radical (unpaired) electrons. The summed E-state index contributed by atoms with van der Waals surface area (Å²) in [5.74, 6) is -5.14. The molecule has 7 nitrogen and oxygen atoms in total. The van der Waals surface area contributed by atoms with Crippen molar-refractivity contribution in [3.8, 4) is 0 Å². The Bertz CT molecular complexity index is 810. The second kappa shape index (κ2) is 6.55. The maximum atomic E-state index is 12.7. The number of amides is 1. The summed E-state index contributed by atoms with van der Waals surface area (Å²) in [6.07, 6.45) is -4.98. The lowest BCUT2D eigenvalue weighted by molar-refractivity contribution is -0.257. The Labute approximate surface area is 142 Å². The lowest BCUT2D eigenvalue weighted by Gasteiger charge is -2.33. The van der Waals surface area contributed by atoms with Gasteiger partial charge in [-0.25, -0.2) is 9.59 Å². The molecule has 2 heterocycles. The van der Waals surface area contributed by atoms with Crippen LogP contribution in [0.5, 0.6) is 0 Å². The topological polar surface area (TPSA) is 85.3 Å². The summed E-state index contributed by atoms with van der Waals surface area (Å²) < 4.78 is 64.5. The van der Waals surface area contributed by atoms with Gasteiger partial charge in [0.15, 0.2) is 5.79 Å². The van der Waals surface area contributed by atoms with Crippen molar-refractivity contribution in [1.82, 2.24) is 4.90 Å². The molecule has 2 fully saturated rings. The Morgan fingerprint density at radius 1 is 1.43 bits per heavy atom. The lowest BCUT2D eigenvalue weighted by atomic mass is 10.1. The first-order valence-electron chi connectivity index (χ1n) is 9.98. The van der Waals surface area contributed by atoms with Crippen molar-refractivity contribution in [2.75, 3.05) is 19.7 Å². The molecule has 1 aromatic carbocycles. The molecule has 0 saturated carbocycles. The van der Waals surface area contributed by atoms with Crippen molar-refractivity contribution < 1.29 is 37.1 Å². The molecular weight excluding hydrogens is 302 g/mol. The van der Waals surface area contributed by atoms with E-state index in [4.69, 9.17) is 22.4 Å². The van der Waals surface area contributed by atoms with Gasteiger partial charge in [0, 0.05) is 9.11 Å². The largest absolute Gasteiger partial charge is 0.480 e. The molecule has 124 valence electrons. The molecule has 1 aromatic rings. The van der Waals surface area contributed by atoms with Crippen LogP contribution in [0.25, 0.3) is 0 Å². The van der Waals surface area contributed by atoms with E-state index in [2.05, 4.69) is 0 Å². The highest BCUT2D eigenvalue weighted by molar-refractivity contribution is 5.81. The normalized spacial score (nSPS) is 41.7. The maximum Gasteiger partial charge on any atom is 0.411 e. The van der Waals surface area contributed by atoms with Gasteiger partial charge in [-0.3, -0.25) is 4.90 Å². The Hall–Kier alpha value is -2.12. The molecule has 2 aliphatic heterocycles. The number of hydrogen-bond donors (Lipinski definition) is 1. The van der Waals surface area contributed by atoms with E-state index in [9.17, 15) is 14.7 Å². The SMILES string of the molecule is [2H]C1CCOC2(O1)C([2H])([2H])N(C(=O)OCc1ccccc1)[C@]([2H])(C(=O)O)C2([2H])[2H]. The number of benzene rings is 1. The van der Waals surface area contributed by atoms with E-state index in [1.165, 1.54) is 0 Å². The van der Waals surface area contributed by atoms with Crippen LogP contribution in [-0.2, 0) is 25.6 Å². The Balaban J connectivity index is 2.04. The number of likely N-dealkylation sites (tertiary alicyclic amines) is 1. The van der Waals surface area contributed by atoms with Crippen molar-refractivity contribution >= 4 is 12.1 Å². The number of carbonyl (C=O) groups is 2. The fraction of sp³-hybridized carbons (Fsp3) is 0.500. The molecule has 0 bridgehead atoms. The van der Waals surface area contributed by atoms with Crippen molar-refractivity contribution in [3.05, 3.63) is 35.9 Å². The molecule has 3 atom stereocenters. The second-order valence-electron chi connectivity index (χ2n) is 4.80. The first kappa shape index (κ1) is 9.89. The molecule has 1 spiro atoms. The number of aliphatic carboxylic acids is 1. The monoisotopic (exact) mass is 327 g/mol. The van der Waals surface area contributed by atoms with Crippen LogP contribution in [0.2, 0.25) is 0 Å². The van der Waals surface area contributed by atoms with E-state index in [0.29, 0.717) is 5.56 Å². The van der Waals surface area contributed by atoms with Crippen LogP contribution in [0.15, 0.2) is 30.3 Å². The number of carboxylic acids is 1. The minimum atomic E-state index is -3.48. The van der Waals surface area contributed by atoms with Crippen LogP contribution < -0.4 is 0 Å². The fourth-order valence-electron chi connectivity index (χ4n) is 2.10. The molecule has 3 rings (SSSR count). The third kappa shape index (κ3) is 3.46. The molecule has 2 unspecified atom stereocenters. The minimum absolute atomic E-state index is 0.0234. The number of hydrogen-bond acceptors (Lipinski definition) is 5. The predicted octanol–water partition coefficient (Wildman–Crippen LogP) is 1.62. The van der Waals surface area contributed by atoms with Gasteiger partial charge < -0.3 is 19.3 Å². The molecule has 0 aromatic heterocycles. The van der Waals surface area contributed by atoms with Gasteiger partial charge in [0.2, 0.25) is 0 Å². The lowest BCUT2D eigenvalue weighted by Crippen LogP contribution is -2.44. The van der Waals surface area contributed by atoms with E-state index in [-0.39, 0.29) is 24.5 Å². The van der Waals surface area contributed by atoms with Gasteiger partial charge in [-0.2, -0.15) is 0 Å². The van der Waals surface area contributed by atoms with E-state index in [0.717, 1.165) is 0 Å². The standard InChI is InChI=1S/C16H19NO6/c18-14(19)13-9-16(22-7-4-8-23-16)11-17(13)15(20)21-10-12-5-2-1-3-6-12/h1-3,5-6,13H,4,7-11H2,(H,18,19)/t13-/m0/s1/i7D,9D2,11D2,13D/t7?,13-,16?. The highest BCUT2D eigenvalue weighted by Crippen LogP contribution is 2.34. The van der Waals surface area contributed by atoms with Gasteiger partial charge in [-0.1, -0.05) is 30.3 Å². The van der Waals surface area contributed by atoms with Gasteiger partial charge in [0.1, 0.15) is 12.6 Å². The number of carbonyl (C=O) groups excluding carboxylic acids is 1. The van der Waals surface area contributed by atoms with Gasteiger partial charge >= 0.3 is 12.1 Å². The third-order valence-electron chi connectivity index (χ3n) is 3.15. The Morgan fingerprint density at radius 2 is 2.22 bits per heavy atom. The molecular formula is C16H19NO6. The number of nitrogens with zero attached hydrogens (tertiary/aromatic N) is 1. The number of carboxylic acid groups (broad SMARTS) is 1. The third-order valence-corrected chi connectivity index (χ3v) is 3.15. The van der Waals surface area contributed by atoms with Crippen LogP contribution in [-0.4, -0.2) is 53.6 Å². The predicted molar refractivity (Wildman–Crippen MR) is 78.6 cm³/mol. The summed E-state index contributed by atoms with van der Waals surface area (Å²) in [7, 11) is 0. The van der Waals surface area contributed by atoms with Gasteiger partial charge in [-0.15, -0.1) is 0 Å². The van der Waals surface area contributed by atoms with Crippen LogP contribution in [0.1, 0.15) is 26.6 Å². The minimum Gasteiger partial charge on any atom is -0.480 e. The number of rotatable bonds is 3. The first-order chi connectivity index (χ1) is 13.4. The van der Waals surface area contributed by atoms with Gasteiger partial charge in [-0.05, 0) is 12.0 Å². The van der Waals surface area contributed by atoms with Crippen molar-refractivity contribution in [2.45, 2.75) is 31.2 Å². The average Bonchev–Trinajstić information content (AvgIpc) is 2.75. The Morgan fingerprint density at radius 3 is 2.91 bits per heavy atom. The summed E-state index contributed by atoms with van der Waals surface area (Å²) in [6.45, 7) is -5.40. The molecule has 7 heteroatoms. The van der Waals surface area contributed by atoms with E-state index in [1.54, 1.807) is 30.3 Å². The molecule has 1 N–H and O–H groups in total. The van der Waals surface area contributed by atoms with Crippen molar-refractivity contribution in [3.63, 3.8) is 0 Å². The number of ether oxygens (including phenoxy) is 3. The van der Waals surface area contributed by atoms with E-state index < -0.39 is 43.3 Å². The van der Waals surface area contributed by atoms with Gasteiger partial charge in [0.25, 0.3) is 0 Å². The molecule has 0 aliphatic carbocycles. The van der Waals surface area contributed by atoms with Crippen molar-refractivity contribution in [1.29, 1.82) is 0 Å². The quantitative estimate of drug-likeness (QED) is 0.908. The van der Waals surface area contributed by atoms with Crippen LogP contribution in [0, 0.1) is 0 Å². The molecule has 2 aliphatic rings. The zero-order valence-electron chi connectivity index (χ0n) is 18.0. The maximum absolute atomic E-state index is 12.7. The zero-order valence-corrected chi connectivity index (χ0v) is 12.0. The second-order valence-corrected chi connectivity index (χ2v) is 4.80. The molecule has 2 saturated heterocycles. The van der Waals surface area contributed by atoms with Gasteiger partial charge in [0.05, 0.1) is 25.2 Å². The highest BCUT2D eigenvalue weighted by Gasteiger charge is 2.52. The summed E-state index contributed by atoms with van der Waals surface area (Å²) in [5, 5.41) is 9.62. The summed E-state index contributed by atoms with van der Waals surface area (Å²) in [5.41, 5.74) is 0.514. The summed E-state index contributed by atoms with van der Waals surface area (Å²) >= 11 is 0. The van der Waals surface area contributed by atoms with E-state index >= 15 is 0 Å². The summed E-state index contributed by atoms with van der Waals surface area (Å²) in [4.78, 5) is 24.5. The van der Waals surface area contributed by atoms with Crippen LogP contribution in [0.4, 0.5) is 4.79 Å². The Kier molecular flexibility index (Phi) is 2.82. The highest BCUT2D eigenvalue weighted by atomic mass is 16.7. The van der Waals surface area contributed by atoms with Crippen LogP contribution >= 0.6 is 0 Å². The fourth-order valence-corrected chi connectivity index (χ4v) is 2.10. The average molecular weight is 327 g/mol. The molecule has 23 heavy (non-hydrogen) atoms. The smallest absolute Gasteiger partial charge is 0.411 e. The van der Waals surface area contributed by atoms with Crippen LogP contribution in [0.3, 0.4) is 0 Å². The molecule has 1 amide bonds. The zero-order chi connectivity index (χ0) is 21.7. The van der Waals surface area contributed by atoms with Crippen molar-refractivity contribution in [2.24, 2.45) is 0 Å². The van der Waals surface area contributed by atoms with E-state index in [1.807, 2.05) is 0 Å². The first-order valence-corrected chi connectivity index (χ1v) is 6.90. The summed E-state index contributed by atoms with van der Waals surface area (Å²) in [6, 6.07) is 4.77.